The highest BCUT2D eigenvalue weighted by atomic mass is 16.3. The van der Waals surface area contributed by atoms with E-state index in [1.165, 1.54) is 16.7 Å². The molecule has 0 unspecified atom stereocenters. The fourth-order valence-corrected chi connectivity index (χ4v) is 1.46. The Morgan fingerprint density at radius 2 is 1.93 bits per heavy atom. The lowest BCUT2D eigenvalue weighted by molar-refractivity contribution is 0.355. The normalized spacial score (nSPS) is 14.8. The van der Waals surface area contributed by atoms with Crippen molar-refractivity contribution in [1.82, 2.24) is 9.47 Å². The Bertz CT molecular complexity index is 364. The van der Waals surface area contributed by atoms with Gasteiger partial charge in [0.15, 0.2) is 11.8 Å². The number of hydrogen-bond acceptors (Lipinski definition) is 4. The minimum absolute atomic E-state index is 0.0745. The molecule has 1 aliphatic rings. The maximum absolute atomic E-state index is 9.39. The van der Waals surface area contributed by atoms with Gasteiger partial charge in [0.25, 0.3) is 0 Å². The number of aromatic nitrogens is 1. The molecular weight excluding hydrogens is 194 g/mol. The van der Waals surface area contributed by atoms with E-state index in [0.717, 1.165) is 6.54 Å². The molecule has 5 heteroatoms. The first-order valence-electron chi connectivity index (χ1n) is 4.77. The van der Waals surface area contributed by atoms with Crippen LogP contribution in [0.15, 0.2) is 29.4 Å². The van der Waals surface area contributed by atoms with Crippen LogP contribution in [0, 0.1) is 0 Å². The van der Waals surface area contributed by atoms with Crippen molar-refractivity contribution in [2.45, 2.75) is 6.54 Å². The molecule has 0 aliphatic carbocycles. The lowest BCUT2D eigenvalue weighted by Crippen LogP contribution is -2.22. The van der Waals surface area contributed by atoms with Crippen LogP contribution in [0.1, 0.15) is 0 Å². The largest absolute Gasteiger partial charge is 0.494 e. The zero-order chi connectivity index (χ0) is 10.7. The van der Waals surface area contributed by atoms with Crippen LogP contribution in [-0.2, 0) is 6.54 Å². The molecule has 0 saturated carbocycles. The van der Waals surface area contributed by atoms with Crippen molar-refractivity contribution in [2.75, 3.05) is 13.1 Å². The molecule has 0 bridgehead atoms. The predicted molar refractivity (Wildman–Crippen MR) is 57.0 cm³/mol. The molecule has 0 radical (unpaired) electrons. The van der Waals surface area contributed by atoms with Gasteiger partial charge in [0.1, 0.15) is 0 Å². The van der Waals surface area contributed by atoms with Crippen molar-refractivity contribution >= 4 is 6.34 Å². The van der Waals surface area contributed by atoms with Crippen molar-refractivity contribution in [2.24, 2.45) is 4.99 Å². The SMILES string of the molecule is Oc1ccc(O)n1CCN1C=CCN=C1. The van der Waals surface area contributed by atoms with Crippen LogP contribution in [0.25, 0.3) is 0 Å². The number of nitrogens with zero attached hydrogens (tertiary/aromatic N) is 3. The van der Waals surface area contributed by atoms with Crippen molar-refractivity contribution in [3.63, 3.8) is 0 Å². The zero-order valence-corrected chi connectivity index (χ0v) is 8.24. The maximum Gasteiger partial charge on any atom is 0.193 e. The van der Waals surface area contributed by atoms with Crippen LogP contribution in [0.3, 0.4) is 0 Å². The number of aliphatic imine (C=N–C) groups is 1. The molecule has 1 aromatic heterocycles. The van der Waals surface area contributed by atoms with Gasteiger partial charge in [-0.05, 0) is 6.08 Å². The minimum Gasteiger partial charge on any atom is -0.494 e. The van der Waals surface area contributed by atoms with E-state index in [1.54, 1.807) is 6.34 Å². The van der Waals surface area contributed by atoms with Gasteiger partial charge in [-0.2, -0.15) is 0 Å². The second-order valence-electron chi connectivity index (χ2n) is 3.30. The summed E-state index contributed by atoms with van der Waals surface area (Å²) in [5, 5.41) is 18.8. The van der Waals surface area contributed by atoms with Crippen molar-refractivity contribution in [3.05, 3.63) is 24.4 Å². The Balaban J connectivity index is 1.95. The average molecular weight is 207 g/mol. The summed E-state index contributed by atoms with van der Waals surface area (Å²) in [6.45, 7) is 1.90. The first kappa shape index (κ1) is 9.64. The lowest BCUT2D eigenvalue weighted by Gasteiger charge is -2.17. The molecule has 2 rings (SSSR count). The summed E-state index contributed by atoms with van der Waals surface area (Å²) in [7, 11) is 0. The van der Waals surface area contributed by atoms with E-state index in [1.807, 2.05) is 17.2 Å². The summed E-state index contributed by atoms with van der Waals surface area (Å²) in [6, 6.07) is 2.94. The molecule has 0 atom stereocenters. The van der Waals surface area contributed by atoms with Crippen molar-refractivity contribution in [3.8, 4) is 11.8 Å². The van der Waals surface area contributed by atoms with Crippen LogP contribution >= 0.6 is 0 Å². The first-order chi connectivity index (χ1) is 7.27. The Morgan fingerprint density at radius 3 is 2.53 bits per heavy atom. The summed E-state index contributed by atoms with van der Waals surface area (Å²) < 4.78 is 1.44. The van der Waals surface area contributed by atoms with Crippen molar-refractivity contribution in [1.29, 1.82) is 0 Å². The molecule has 1 aliphatic heterocycles. The van der Waals surface area contributed by atoms with Crippen LogP contribution in [0.5, 0.6) is 11.8 Å². The average Bonchev–Trinajstić information content (AvgIpc) is 2.58. The fourth-order valence-electron chi connectivity index (χ4n) is 1.46. The third-order valence-electron chi connectivity index (χ3n) is 2.25. The highest BCUT2D eigenvalue weighted by Crippen LogP contribution is 2.20. The lowest BCUT2D eigenvalue weighted by atomic mass is 10.5. The van der Waals surface area contributed by atoms with Gasteiger partial charge in [-0.25, -0.2) is 0 Å². The van der Waals surface area contributed by atoms with Gasteiger partial charge in [-0.1, -0.05) is 0 Å². The zero-order valence-electron chi connectivity index (χ0n) is 8.24. The minimum atomic E-state index is 0.0745. The molecule has 1 aromatic rings. The van der Waals surface area contributed by atoms with Crippen LogP contribution in [-0.4, -0.2) is 39.1 Å². The molecule has 2 heterocycles. The molecule has 15 heavy (non-hydrogen) atoms. The van der Waals surface area contributed by atoms with Crippen LogP contribution < -0.4 is 0 Å². The van der Waals surface area contributed by atoms with Crippen LogP contribution in [0.4, 0.5) is 0 Å². The van der Waals surface area contributed by atoms with Gasteiger partial charge in [0.2, 0.25) is 0 Å². The maximum atomic E-state index is 9.39. The van der Waals surface area contributed by atoms with Crippen molar-refractivity contribution < 1.29 is 10.2 Å². The monoisotopic (exact) mass is 207 g/mol. The Morgan fingerprint density at radius 1 is 1.20 bits per heavy atom. The van der Waals surface area contributed by atoms with E-state index < -0.39 is 0 Å². The molecule has 80 valence electrons. The summed E-state index contributed by atoms with van der Waals surface area (Å²) in [5.74, 6) is 0.149. The highest BCUT2D eigenvalue weighted by Gasteiger charge is 2.06. The van der Waals surface area contributed by atoms with Gasteiger partial charge >= 0.3 is 0 Å². The summed E-state index contributed by atoms with van der Waals surface area (Å²) in [4.78, 5) is 5.99. The second-order valence-corrected chi connectivity index (χ2v) is 3.30. The summed E-state index contributed by atoms with van der Waals surface area (Å²) >= 11 is 0. The smallest absolute Gasteiger partial charge is 0.193 e. The van der Waals surface area contributed by atoms with E-state index in [9.17, 15) is 10.2 Å². The molecule has 2 N–H and O–H groups in total. The number of rotatable bonds is 3. The number of aromatic hydroxyl groups is 2. The Labute approximate surface area is 87.6 Å². The van der Waals surface area contributed by atoms with E-state index in [2.05, 4.69) is 4.99 Å². The van der Waals surface area contributed by atoms with Gasteiger partial charge in [0.05, 0.1) is 12.9 Å². The van der Waals surface area contributed by atoms with Gasteiger partial charge < -0.3 is 15.1 Å². The van der Waals surface area contributed by atoms with E-state index in [4.69, 9.17) is 0 Å². The highest BCUT2D eigenvalue weighted by molar-refractivity contribution is 5.57. The molecule has 0 saturated heterocycles. The second kappa shape index (κ2) is 4.08. The molecule has 0 amide bonds. The van der Waals surface area contributed by atoms with E-state index in [0.29, 0.717) is 13.1 Å². The number of hydrogen-bond donors (Lipinski definition) is 2. The summed E-state index contributed by atoms with van der Waals surface area (Å²) in [6.07, 6.45) is 5.64. The third kappa shape index (κ3) is 2.12. The Kier molecular flexibility index (Phi) is 2.62. The predicted octanol–water partition coefficient (Wildman–Crippen LogP) is 0.757. The van der Waals surface area contributed by atoms with Gasteiger partial charge in [-0.3, -0.25) is 9.56 Å². The fraction of sp³-hybridized carbons (Fsp3) is 0.300. The van der Waals surface area contributed by atoms with E-state index >= 15 is 0 Å². The van der Waals surface area contributed by atoms with E-state index in [-0.39, 0.29) is 11.8 Å². The topological polar surface area (TPSA) is 61.0 Å². The first-order valence-corrected chi connectivity index (χ1v) is 4.77. The third-order valence-corrected chi connectivity index (χ3v) is 2.25. The quantitative estimate of drug-likeness (QED) is 0.769. The summed E-state index contributed by atoms with van der Waals surface area (Å²) in [5.41, 5.74) is 0. The molecule has 0 fully saturated rings. The van der Waals surface area contributed by atoms with Gasteiger partial charge in [0, 0.05) is 31.4 Å². The molecule has 0 spiro atoms. The van der Waals surface area contributed by atoms with Gasteiger partial charge in [-0.15, -0.1) is 0 Å². The molecular formula is C10H13N3O2. The Hall–Kier alpha value is -1.91. The van der Waals surface area contributed by atoms with Crippen LogP contribution in [0.2, 0.25) is 0 Å². The molecule has 5 nitrogen and oxygen atoms in total. The molecule has 0 aromatic carbocycles. The standard InChI is InChI=1S/C10H13N3O2/c14-9-2-3-10(15)13(9)7-6-12-5-1-4-11-8-12/h1-3,5,8,14-15H,4,6-7H2.